The molecule has 8 heteroatoms. The summed E-state index contributed by atoms with van der Waals surface area (Å²) in [5.41, 5.74) is 6.33. The summed E-state index contributed by atoms with van der Waals surface area (Å²) >= 11 is 1.48. The lowest BCUT2D eigenvalue weighted by Crippen LogP contribution is -2.27. The number of carbonyl (C=O) groups excluding carboxylic acids is 1. The minimum atomic E-state index is -0.427. The summed E-state index contributed by atoms with van der Waals surface area (Å²) in [6.45, 7) is 3.73. The van der Waals surface area contributed by atoms with E-state index in [1.54, 1.807) is 0 Å². The molecule has 0 aliphatic heterocycles. The number of nitrogens with two attached hydrogens (primary N) is 1. The highest BCUT2D eigenvalue weighted by molar-refractivity contribution is 7.09. The number of carbonyl (C=O) groups is 1. The maximum absolute atomic E-state index is 11.7. The quantitative estimate of drug-likeness (QED) is 0.841. The molecule has 2 heterocycles. The summed E-state index contributed by atoms with van der Waals surface area (Å²) in [6, 6.07) is -0.211. The van der Waals surface area contributed by atoms with Gasteiger partial charge in [0.15, 0.2) is 0 Å². The van der Waals surface area contributed by atoms with Crippen LogP contribution in [0.2, 0.25) is 0 Å². The minimum Gasteiger partial charge on any atom is -0.379 e. The smallest absolute Gasteiger partial charge is 0.278 e. The standard InChI is InChI=1S/C9H11N5O2S/c1-4-3-17-9(11-4)5(2)12-8(15)6-7(10)14-16-13-6/h3,5H,1-2H3,(H2,10,14)(H,12,15). The zero-order valence-electron chi connectivity index (χ0n) is 9.30. The molecular formula is C9H11N5O2S. The predicted molar refractivity (Wildman–Crippen MR) is 61.4 cm³/mol. The first-order valence-corrected chi connectivity index (χ1v) is 5.77. The zero-order valence-corrected chi connectivity index (χ0v) is 10.1. The molecule has 1 atom stereocenters. The Bertz CT molecular complexity index is 535. The molecule has 2 rings (SSSR count). The molecule has 0 fully saturated rings. The van der Waals surface area contributed by atoms with E-state index in [4.69, 9.17) is 5.73 Å². The van der Waals surface area contributed by atoms with Crippen molar-refractivity contribution in [1.82, 2.24) is 20.6 Å². The molecule has 90 valence electrons. The number of nitrogens with one attached hydrogen (secondary N) is 1. The molecule has 17 heavy (non-hydrogen) atoms. The first kappa shape index (κ1) is 11.5. The normalized spacial score (nSPS) is 12.4. The predicted octanol–water partition coefficient (Wildman–Crippen LogP) is 0.908. The third-order valence-corrected chi connectivity index (χ3v) is 3.23. The summed E-state index contributed by atoms with van der Waals surface area (Å²) in [4.78, 5) is 16.0. The van der Waals surface area contributed by atoms with Crippen LogP contribution in [0.1, 0.15) is 34.2 Å². The Balaban J connectivity index is 2.07. The van der Waals surface area contributed by atoms with E-state index < -0.39 is 5.91 Å². The molecule has 0 bridgehead atoms. The van der Waals surface area contributed by atoms with Gasteiger partial charge in [0, 0.05) is 11.1 Å². The number of hydrogen-bond acceptors (Lipinski definition) is 7. The van der Waals surface area contributed by atoms with E-state index in [-0.39, 0.29) is 17.6 Å². The van der Waals surface area contributed by atoms with E-state index in [1.165, 1.54) is 11.3 Å². The number of nitrogen functional groups attached to an aromatic ring is 1. The van der Waals surface area contributed by atoms with Crippen molar-refractivity contribution in [3.8, 4) is 0 Å². The van der Waals surface area contributed by atoms with Gasteiger partial charge in [-0.2, -0.15) is 0 Å². The zero-order chi connectivity index (χ0) is 12.4. The van der Waals surface area contributed by atoms with Crippen LogP contribution >= 0.6 is 11.3 Å². The van der Waals surface area contributed by atoms with Crippen molar-refractivity contribution in [3.05, 3.63) is 21.8 Å². The van der Waals surface area contributed by atoms with Crippen LogP contribution < -0.4 is 11.1 Å². The van der Waals surface area contributed by atoms with Crippen LogP contribution in [0.3, 0.4) is 0 Å². The molecule has 2 aromatic rings. The van der Waals surface area contributed by atoms with Crippen LogP contribution in [-0.2, 0) is 0 Å². The van der Waals surface area contributed by atoms with Crippen molar-refractivity contribution in [2.75, 3.05) is 5.73 Å². The van der Waals surface area contributed by atoms with Gasteiger partial charge in [-0.1, -0.05) is 0 Å². The molecule has 0 aliphatic carbocycles. The van der Waals surface area contributed by atoms with Crippen LogP contribution in [0.25, 0.3) is 0 Å². The second-order valence-corrected chi connectivity index (χ2v) is 4.41. The Morgan fingerprint density at radius 1 is 1.59 bits per heavy atom. The molecule has 0 saturated carbocycles. The fraction of sp³-hybridized carbons (Fsp3) is 0.333. The van der Waals surface area contributed by atoms with Gasteiger partial charge in [0.25, 0.3) is 5.91 Å². The number of amides is 1. The van der Waals surface area contributed by atoms with Crippen molar-refractivity contribution < 1.29 is 9.42 Å². The highest BCUT2D eigenvalue weighted by Crippen LogP contribution is 2.18. The number of nitrogens with zero attached hydrogens (tertiary/aromatic N) is 3. The molecule has 0 aliphatic rings. The van der Waals surface area contributed by atoms with Gasteiger partial charge in [-0.05, 0) is 24.2 Å². The average Bonchev–Trinajstić information content (AvgIpc) is 2.86. The monoisotopic (exact) mass is 253 g/mol. The number of anilines is 1. The van der Waals surface area contributed by atoms with Crippen LogP contribution in [0.15, 0.2) is 10.0 Å². The number of rotatable bonds is 3. The van der Waals surface area contributed by atoms with Gasteiger partial charge >= 0.3 is 0 Å². The van der Waals surface area contributed by atoms with E-state index in [0.717, 1.165) is 10.7 Å². The SMILES string of the molecule is Cc1csc(C(C)NC(=O)c2nonc2N)n1. The number of hydrogen-bond donors (Lipinski definition) is 2. The molecule has 2 aromatic heterocycles. The van der Waals surface area contributed by atoms with Crippen molar-refractivity contribution in [2.24, 2.45) is 0 Å². The van der Waals surface area contributed by atoms with E-state index in [0.29, 0.717) is 0 Å². The maximum Gasteiger partial charge on any atom is 0.278 e. The topological polar surface area (TPSA) is 107 Å². The number of thiazole rings is 1. The van der Waals surface area contributed by atoms with Crippen molar-refractivity contribution in [1.29, 1.82) is 0 Å². The van der Waals surface area contributed by atoms with Crippen LogP contribution in [-0.4, -0.2) is 21.2 Å². The summed E-state index contributed by atoms with van der Waals surface area (Å²) in [5, 5.41) is 12.2. The third-order valence-electron chi connectivity index (χ3n) is 2.08. The lowest BCUT2D eigenvalue weighted by atomic mass is 10.3. The van der Waals surface area contributed by atoms with Gasteiger partial charge < -0.3 is 11.1 Å². The fourth-order valence-electron chi connectivity index (χ4n) is 1.25. The van der Waals surface area contributed by atoms with Gasteiger partial charge in [-0.3, -0.25) is 4.79 Å². The van der Waals surface area contributed by atoms with Crippen LogP contribution in [0.4, 0.5) is 5.82 Å². The van der Waals surface area contributed by atoms with E-state index in [2.05, 4.69) is 25.2 Å². The number of aryl methyl sites for hydroxylation is 1. The van der Waals surface area contributed by atoms with Crippen molar-refractivity contribution >= 4 is 23.1 Å². The van der Waals surface area contributed by atoms with E-state index in [9.17, 15) is 4.79 Å². The molecule has 7 nitrogen and oxygen atoms in total. The largest absolute Gasteiger partial charge is 0.379 e. The summed E-state index contributed by atoms with van der Waals surface area (Å²) in [5.74, 6) is -0.450. The first-order chi connectivity index (χ1) is 8.08. The Morgan fingerprint density at radius 2 is 2.35 bits per heavy atom. The third kappa shape index (κ3) is 2.41. The molecule has 1 unspecified atom stereocenters. The molecule has 0 spiro atoms. The Hall–Kier alpha value is -1.96. The van der Waals surface area contributed by atoms with Gasteiger partial charge in [0.2, 0.25) is 11.5 Å². The molecule has 0 radical (unpaired) electrons. The second kappa shape index (κ2) is 4.50. The molecule has 0 aromatic carbocycles. The van der Waals surface area contributed by atoms with E-state index >= 15 is 0 Å². The lowest BCUT2D eigenvalue weighted by Gasteiger charge is -2.09. The van der Waals surface area contributed by atoms with Crippen molar-refractivity contribution in [3.63, 3.8) is 0 Å². The Kier molecular flexibility index (Phi) is 3.05. The lowest BCUT2D eigenvalue weighted by molar-refractivity contribution is 0.0930. The average molecular weight is 253 g/mol. The summed E-state index contributed by atoms with van der Waals surface area (Å²) in [6.07, 6.45) is 0. The molecule has 3 N–H and O–H groups in total. The first-order valence-electron chi connectivity index (χ1n) is 4.89. The highest BCUT2D eigenvalue weighted by Gasteiger charge is 2.19. The number of aromatic nitrogens is 3. The molecule has 0 saturated heterocycles. The van der Waals surface area contributed by atoms with Crippen LogP contribution in [0, 0.1) is 6.92 Å². The van der Waals surface area contributed by atoms with Gasteiger partial charge in [0.05, 0.1) is 6.04 Å². The summed E-state index contributed by atoms with van der Waals surface area (Å²) in [7, 11) is 0. The Labute approximate surface area is 101 Å². The van der Waals surface area contributed by atoms with Gasteiger partial charge in [-0.25, -0.2) is 9.61 Å². The maximum atomic E-state index is 11.7. The summed E-state index contributed by atoms with van der Waals surface area (Å²) < 4.78 is 4.36. The van der Waals surface area contributed by atoms with Crippen LogP contribution in [0.5, 0.6) is 0 Å². The molecular weight excluding hydrogens is 242 g/mol. The van der Waals surface area contributed by atoms with Gasteiger partial charge in [0.1, 0.15) is 5.01 Å². The van der Waals surface area contributed by atoms with Crippen molar-refractivity contribution in [2.45, 2.75) is 19.9 Å². The second-order valence-electron chi connectivity index (χ2n) is 3.52. The van der Waals surface area contributed by atoms with E-state index in [1.807, 2.05) is 19.2 Å². The Morgan fingerprint density at radius 3 is 2.88 bits per heavy atom. The van der Waals surface area contributed by atoms with Gasteiger partial charge in [-0.15, -0.1) is 11.3 Å². The highest BCUT2D eigenvalue weighted by atomic mass is 32.1. The molecule has 1 amide bonds. The fourth-order valence-corrected chi connectivity index (χ4v) is 2.05. The minimum absolute atomic E-state index is 0.00914.